The van der Waals surface area contributed by atoms with Crippen LogP contribution >= 0.6 is 0 Å². The summed E-state index contributed by atoms with van der Waals surface area (Å²) < 4.78 is 10.4. The summed E-state index contributed by atoms with van der Waals surface area (Å²) in [5, 5.41) is 0. The maximum Gasteiger partial charge on any atom is 0.310 e. The van der Waals surface area contributed by atoms with Gasteiger partial charge in [0, 0.05) is 18.7 Å². The van der Waals surface area contributed by atoms with Crippen molar-refractivity contribution in [2.24, 2.45) is 5.92 Å². The fourth-order valence-corrected chi connectivity index (χ4v) is 3.36. The molecule has 0 saturated heterocycles. The van der Waals surface area contributed by atoms with Gasteiger partial charge in [-0.3, -0.25) is 9.59 Å². The minimum absolute atomic E-state index is 0.0519. The van der Waals surface area contributed by atoms with Crippen LogP contribution in [0.3, 0.4) is 0 Å². The Morgan fingerprint density at radius 2 is 1.89 bits per heavy atom. The van der Waals surface area contributed by atoms with E-state index in [9.17, 15) is 9.59 Å². The number of methoxy groups -OCH3 is 1. The van der Waals surface area contributed by atoms with Crippen molar-refractivity contribution in [2.75, 3.05) is 20.3 Å². The summed E-state index contributed by atoms with van der Waals surface area (Å²) >= 11 is 0. The third-order valence-corrected chi connectivity index (χ3v) is 4.89. The van der Waals surface area contributed by atoms with Gasteiger partial charge in [-0.25, -0.2) is 0 Å². The zero-order valence-electron chi connectivity index (χ0n) is 16.6. The third kappa shape index (κ3) is 6.42. The number of amides is 1. The monoisotopic (exact) mass is 373 g/mol. The molecule has 0 spiro atoms. The van der Waals surface area contributed by atoms with E-state index in [4.69, 9.17) is 9.47 Å². The number of carbonyl (C=O) groups is 2. The molecule has 0 N–H and O–H groups in total. The highest BCUT2D eigenvalue weighted by Crippen LogP contribution is 2.25. The second-order valence-corrected chi connectivity index (χ2v) is 7.10. The molecule has 1 unspecified atom stereocenters. The van der Waals surface area contributed by atoms with E-state index in [-0.39, 0.29) is 23.8 Å². The highest BCUT2D eigenvalue weighted by molar-refractivity contribution is 5.92. The van der Waals surface area contributed by atoms with Crippen molar-refractivity contribution in [2.45, 2.75) is 52.0 Å². The number of hydrogen-bond acceptors (Lipinski definition) is 4. The molecule has 1 saturated carbocycles. The standard InChI is InChI=1S/C22H31NO4/c1-4-15-27-20-12-9-18(10-13-20)11-14-21(24)23(19-7-5-6-8-19)16-17(2)22(25)26-3/h9-14,17,19H,4-8,15-16H2,1-3H3/b14-11+. The van der Waals surface area contributed by atoms with E-state index in [0.717, 1.165) is 43.4 Å². The molecular weight excluding hydrogens is 342 g/mol. The Morgan fingerprint density at radius 3 is 2.48 bits per heavy atom. The summed E-state index contributed by atoms with van der Waals surface area (Å²) in [6, 6.07) is 7.90. The van der Waals surface area contributed by atoms with Crippen molar-refractivity contribution in [1.82, 2.24) is 4.90 Å². The van der Waals surface area contributed by atoms with E-state index in [1.807, 2.05) is 35.2 Å². The predicted octanol–water partition coefficient (Wildman–Crippen LogP) is 4.07. The van der Waals surface area contributed by atoms with E-state index in [0.29, 0.717) is 13.2 Å². The van der Waals surface area contributed by atoms with Gasteiger partial charge in [-0.2, -0.15) is 0 Å². The summed E-state index contributed by atoms with van der Waals surface area (Å²) in [7, 11) is 1.38. The Bertz CT molecular complexity index is 632. The van der Waals surface area contributed by atoms with Gasteiger partial charge in [0.25, 0.3) is 0 Å². The van der Waals surface area contributed by atoms with Crippen LogP contribution in [0, 0.1) is 5.92 Å². The van der Waals surface area contributed by atoms with Crippen LogP contribution in [0.2, 0.25) is 0 Å². The zero-order valence-corrected chi connectivity index (χ0v) is 16.6. The quantitative estimate of drug-likeness (QED) is 0.484. The van der Waals surface area contributed by atoms with Crippen molar-refractivity contribution in [3.05, 3.63) is 35.9 Å². The van der Waals surface area contributed by atoms with Crippen LogP contribution in [0.25, 0.3) is 6.08 Å². The molecule has 1 aliphatic rings. The molecule has 1 aromatic rings. The van der Waals surface area contributed by atoms with Gasteiger partial charge >= 0.3 is 5.97 Å². The largest absolute Gasteiger partial charge is 0.494 e. The van der Waals surface area contributed by atoms with Gasteiger partial charge < -0.3 is 14.4 Å². The van der Waals surface area contributed by atoms with Crippen LogP contribution in [-0.2, 0) is 14.3 Å². The second kappa shape index (κ2) is 10.8. The molecule has 1 aliphatic carbocycles. The van der Waals surface area contributed by atoms with Gasteiger partial charge in [0.1, 0.15) is 5.75 Å². The molecule has 148 valence electrons. The molecule has 1 aromatic carbocycles. The molecule has 1 amide bonds. The van der Waals surface area contributed by atoms with Crippen LogP contribution < -0.4 is 4.74 Å². The smallest absolute Gasteiger partial charge is 0.310 e. The fourth-order valence-electron chi connectivity index (χ4n) is 3.36. The van der Waals surface area contributed by atoms with Crippen LogP contribution in [-0.4, -0.2) is 43.1 Å². The second-order valence-electron chi connectivity index (χ2n) is 7.10. The summed E-state index contributed by atoms with van der Waals surface area (Å²) in [4.78, 5) is 26.4. The van der Waals surface area contributed by atoms with E-state index in [2.05, 4.69) is 6.92 Å². The van der Waals surface area contributed by atoms with Crippen molar-refractivity contribution >= 4 is 18.0 Å². The van der Waals surface area contributed by atoms with Crippen LogP contribution in [0.1, 0.15) is 51.5 Å². The molecule has 0 aromatic heterocycles. The molecular formula is C22H31NO4. The Hall–Kier alpha value is -2.30. The zero-order chi connectivity index (χ0) is 19.6. The molecule has 2 rings (SSSR count). The number of rotatable bonds is 9. The SMILES string of the molecule is CCCOc1ccc(/C=C/C(=O)N(CC(C)C(=O)OC)C2CCCC2)cc1. The fraction of sp³-hybridized carbons (Fsp3) is 0.545. The highest BCUT2D eigenvalue weighted by Gasteiger charge is 2.28. The topological polar surface area (TPSA) is 55.8 Å². The summed E-state index contributed by atoms with van der Waals surface area (Å²) in [6.07, 6.45) is 8.64. The number of hydrogen-bond donors (Lipinski definition) is 0. The van der Waals surface area contributed by atoms with E-state index in [1.165, 1.54) is 7.11 Å². The van der Waals surface area contributed by atoms with Gasteiger partial charge in [0.05, 0.1) is 19.6 Å². The van der Waals surface area contributed by atoms with Crippen molar-refractivity contribution in [1.29, 1.82) is 0 Å². The van der Waals surface area contributed by atoms with Crippen LogP contribution in [0.4, 0.5) is 0 Å². The molecule has 1 atom stereocenters. The average molecular weight is 373 g/mol. The molecule has 0 radical (unpaired) electrons. The Labute approximate surface area is 162 Å². The Morgan fingerprint density at radius 1 is 1.22 bits per heavy atom. The molecule has 0 bridgehead atoms. The summed E-state index contributed by atoms with van der Waals surface area (Å²) in [5.74, 6) is 0.171. The van der Waals surface area contributed by atoms with E-state index in [1.54, 1.807) is 13.0 Å². The van der Waals surface area contributed by atoms with Crippen LogP contribution in [0.15, 0.2) is 30.3 Å². The molecule has 5 nitrogen and oxygen atoms in total. The van der Waals surface area contributed by atoms with Crippen molar-refractivity contribution in [3.63, 3.8) is 0 Å². The van der Waals surface area contributed by atoms with Crippen molar-refractivity contribution in [3.8, 4) is 5.75 Å². The van der Waals surface area contributed by atoms with Gasteiger partial charge in [-0.15, -0.1) is 0 Å². The predicted molar refractivity (Wildman–Crippen MR) is 106 cm³/mol. The number of ether oxygens (including phenoxy) is 2. The molecule has 1 fully saturated rings. The first-order valence-corrected chi connectivity index (χ1v) is 9.84. The van der Waals surface area contributed by atoms with Gasteiger partial charge in [0.2, 0.25) is 5.91 Å². The third-order valence-electron chi connectivity index (χ3n) is 4.89. The number of nitrogens with zero attached hydrogens (tertiary/aromatic N) is 1. The summed E-state index contributed by atoms with van der Waals surface area (Å²) in [5.41, 5.74) is 0.944. The first kappa shape index (κ1) is 21.0. The molecule has 5 heteroatoms. The lowest BCUT2D eigenvalue weighted by Gasteiger charge is -2.29. The summed E-state index contributed by atoms with van der Waals surface area (Å²) in [6.45, 7) is 4.96. The molecule has 0 aliphatic heterocycles. The maximum absolute atomic E-state index is 12.8. The lowest BCUT2D eigenvalue weighted by molar-refractivity contribution is -0.146. The molecule has 27 heavy (non-hydrogen) atoms. The van der Waals surface area contributed by atoms with Gasteiger partial charge in [0.15, 0.2) is 0 Å². The number of esters is 1. The number of benzene rings is 1. The van der Waals surface area contributed by atoms with Gasteiger partial charge in [-0.05, 0) is 43.0 Å². The minimum Gasteiger partial charge on any atom is -0.494 e. The van der Waals surface area contributed by atoms with Crippen LogP contribution in [0.5, 0.6) is 5.75 Å². The minimum atomic E-state index is -0.331. The average Bonchev–Trinajstić information content (AvgIpc) is 3.23. The highest BCUT2D eigenvalue weighted by atomic mass is 16.5. The molecule has 0 heterocycles. The van der Waals surface area contributed by atoms with E-state index >= 15 is 0 Å². The maximum atomic E-state index is 12.8. The first-order valence-electron chi connectivity index (χ1n) is 9.84. The van der Waals surface area contributed by atoms with E-state index < -0.39 is 0 Å². The number of carbonyl (C=O) groups excluding carboxylic acids is 2. The Kier molecular flexibility index (Phi) is 8.37. The van der Waals surface area contributed by atoms with Gasteiger partial charge in [-0.1, -0.05) is 38.8 Å². The lowest BCUT2D eigenvalue weighted by Crippen LogP contribution is -2.42. The Balaban J connectivity index is 2.03. The first-order chi connectivity index (χ1) is 13.0. The normalized spacial score (nSPS) is 15.7. The van der Waals surface area contributed by atoms with Crippen molar-refractivity contribution < 1.29 is 19.1 Å². The lowest BCUT2D eigenvalue weighted by atomic mass is 10.1.